The maximum atomic E-state index is 12.1. The lowest BCUT2D eigenvalue weighted by Crippen LogP contribution is -1.99. The summed E-state index contributed by atoms with van der Waals surface area (Å²) in [6.07, 6.45) is 3.07. The van der Waals surface area contributed by atoms with Gasteiger partial charge >= 0.3 is 0 Å². The summed E-state index contributed by atoms with van der Waals surface area (Å²) in [5.41, 5.74) is 1.13. The second-order valence-electron chi connectivity index (χ2n) is 3.59. The van der Waals surface area contributed by atoms with Crippen molar-refractivity contribution in [2.24, 2.45) is 0 Å². The SMILES string of the molecule is COc1ccc(C(=O)C=Cc2csnn2)c(OC)c1. The summed E-state index contributed by atoms with van der Waals surface area (Å²) in [5, 5.41) is 5.59. The number of hydrogen-bond acceptors (Lipinski definition) is 6. The molecule has 0 saturated heterocycles. The lowest BCUT2D eigenvalue weighted by atomic mass is 10.1. The Morgan fingerprint density at radius 3 is 2.79 bits per heavy atom. The van der Waals surface area contributed by atoms with Crippen molar-refractivity contribution in [2.45, 2.75) is 0 Å². The van der Waals surface area contributed by atoms with E-state index in [1.54, 1.807) is 36.8 Å². The average molecular weight is 276 g/mol. The molecule has 0 fully saturated rings. The topological polar surface area (TPSA) is 61.3 Å². The molecule has 0 aliphatic carbocycles. The fraction of sp³-hybridized carbons (Fsp3) is 0.154. The molecule has 1 aromatic heterocycles. The molecular weight excluding hydrogens is 264 g/mol. The standard InChI is InChI=1S/C13H12N2O3S/c1-17-10-4-5-11(13(7-10)18-2)12(16)6-3-9-8-19-15-14-9/h3-8H,1-2H3. The van der Waals surface area contributed by atoms with E-state index in [1.807, 2.05) is 0 Å². The molecule has 0 aliphatic heterocycles. The summed E-state index contributed by atoms with van der Waals surface area (Å²) >= 11 is 1.23. The quantitative estimate of drug-likeness (QED) is 0.620. The normalized spacial score (nSPS) is 10.6. The summed E-state index contributed by atoms with van der Waals surface area (Å²) in [7, 11) is 3.07. The van der Waals surface area contributed by atoms with Gasteiger partial charge in [-0.2, -0.15) is 0 Å². The Morgan fingerprint density at radius 1 is 1.32 bits per heavy atom. The van der Waals surface area contributed by atoms with Crippen LogP contribution >= 0.6 is 11.5 Å². The molecule has 0 N–H and O–H groups in total. The second-order valence-corrected chi connectivity index (χ2v) is 4.20. The highest BCUT2D eigenvalue weighted by Gasteiger charge is 2.10. The minimum atomic E-state index is -0.160. The van der Waals surface area contributed by atoms with Crippen LogP contribution in [-0.4, -0.2) is 29.6 Å². The monoisotopic (exact) mass is 276 g/mol. The molecule has 98 valence electrons. The Labute approximate surface area is 114 Å². The Kier molecular flexibility index (Phi) is 4.25. The summed E-state index contributed by atoms with van der Waals surface area (Å²) in [6, 6.07) is 5.06. The molecule has 19 heavy (non-hydrogen) atoms. The summed E-state index contributed by atoms with van der Waals surface area (Å²) in [5.74, 6) is 0.957. The van der Waals surface area contributed by atoms with Gasteiger partial charge in [-0.3, -0.25) is 4.79 Å². The third-order valence-corrected chi connectivity index (χ3v) is 2.98. The molecule has 0 spiro atoms. The first-order chi connectivity index (χ1) is 9.24. The van der Waals surface area contributed by atoms with E-state index in [4.69, 9.17) is 9.47 Å². The Morgan fingerprint density at radius 2 is 2.16 bits per heavy atom. The van der Waals surface area contributed by atoms with Gasteiger partial charge in [0.25, 0.3) is 0 Å². The number of carbonyl (C=O) groups excluding carboxylic acids is 1. The number of ether oxygens (including phenoxy) is 2. The highest BCUT2D eigenvalue weighted by Crippen LogP contribution is 2.25. The fourth-order valence-corrected chi connectivity index (χ4v) is 1.92. The third-order valence-electron chi connectivity index (χ3n) is 2.46. The first-order valence-corrected chi connectivity index (χ1v) is 6.29. The van der Waals surface area contributed by atoms with Crippen LogP contribution in [0, 0.1) is 0 Å². The van der Waals surface area contributed by atoms with Crippen LogP contribution in [0.25, 0.3) is 6.08 Å². The van der Waals surface area contributed by atoms with Gasteiger partial charge in [-0.15, -0.1) is 5.10 Å². The van der Waals surface area contributed by atoms with Gasteiger partial charge in [-0.25, -0.2) is 0 Å². The molecule has 0 aliphatic rings. The average Bonchev–Trinajstić information content (AvgIpc) is 2.97. The molecule has 0 saturated carbocycles. The van der Waals surface area contributed by atoms with Crippen molar-refractivity contribution in [1.29, 1.82) is 0 Å². The van der Waals surface area contributed by atoms with Crippen LogP contribution in [0.4, 0.5) is 0 Å². The molecule has 1 aromatic carbocycles. The van der Waals surface area contributed by atoms with Crippen LogP contribution in [0.2, 0.25) is 0 Å². The molecule has 0 radical (unpaired) electrons. The second kappa shape index (κ2) is 6.10. The smallest absolute Gasteiger partial charge is 0.189 e. The molecule has 0 amide bonds. The number of methoxy groups -OCH3 is 2. The summed E-state index contributed by atoms with van der Waals surface area (Å²) in [6.45, 7) is 0. The largest absolute Gasteiger partial charge is 0.497 e. The maximum Gasteiger partial charge on any atom is 0.189 e. The highest BCUT2D eigenvalue weighted by atomic mass is 32.1. The van der Waals surface area contributed by atoms with Gasteiger partial charge < -0.3 is 9.47 Å². The van der Waals surface area contributed by atoms with Crippen LogP contribution in [-0.2, 0) is 0 Å². The van der Waals surface area contributed by atoms with Crippen molar-refractivity contribution in [1.82, 2.24) is 9.59 Å². The van der Waals surface area contributed by atoms with Crippen molar-refractivity contribution < 1.29 is 14.3 Å². The van der Waals surface area contributed by atoms with Crippen LogP contribution < -0.4 is 9.47 Å². The molecule has 2 aromatic rings. The zero-order valence-electron chi connectivity index (χ0n) is 10.5. The van der Waals surface area contributed by atoms with Crippen molar-refractivity contribution in [3.63, 3.8) is 0 Å². The van der Waals surface area contributed by atoms with E-state index in [0.29, 0.717) is 22.8 Å². The first-order valence-electron chi connectivity index (χ1n) is 5.46. The van der Waals surface area contributed by atoms with E-state index in [2.05, 4.69) is 9.59 Å². The minimum Gasteiger partial charge on any atom is -0.497 e. The van der Waals surface area contributed by atoms with Gasteiger partial charge in [0, 0.05) is 11.4 Å². The van der Waals surface area contributed by atoms with E-state index in [-0.39, 0.29) is 5.78 Å². The first kappa shape index (κ1) is 13.2. The molecule has 0 bridgehead atoms. The van der Waals surface area contributed by atoms with E-state index < -0.39 is 0 Å². The number of ketones is 1. The molecule has 1 heterocycles. The Hall–Kier alpha value is -2.21. The Balaban J connectivity index is 2.23. The van der Waals surface area contributed by atoms with Crippen LogP contribution in [0.1, 0.15) is 16.1 Å². The van der Waals surface area contributed by atoms with Crippen LogP contribution in [0.15, 0.2) is 29.7 Å². The van der Waals surface area contributed by atoms with Gasteiger partial charge in [0.15, 0.2) is 5.78 Å². The predicted octanol–water partition coefficient (Wildman–Crippen LogP) is 2.45. The number of allylic oxidation sites excluding steroid dienone is 1. The Bertz CT molecular complexity index is 594. The van der Waals surface area contributed by atoms with Crippen LogP contribution in [0.3, 0.4) is 0 Å². The van der Waals surface area contributed by atoms with E-state index >= 15 is 0 Å². The van der Waals surface area contributed by atoms with Crippen LogP contribution in [0.5, 0.6) is 11.5 Å². The number of benzene rings is 1. The van der Waals surface area contributed by atoms with Gasteiger partial charge in [-0.1, -0.05) is 4.49 Å². The molecule has 2 rings (SSSR count). The van der Waals surface area contributed by atoms with Gasteiger partial charge in [0.2, 0.25) is 0 Å². The number of nitrogens with zero attached hydrogens (tertiary/aromatic N) is 2. The number of hydrogen-bond donors (Lipinski definition) is 0. The lowest BCUT2D eigenvalue weighted by molar-refractivity contribution is 0.104. The third kappa shape index (κ3) is 3.17. The lowest BCUT2D eigenvalue weighted by Gasteiger charge is -2.07. The molecule has 0 unspecified atom stereocenters. The van der Waals surface area contributed by atoms with Gasteiger partial charge in [0.1, 0.15) is 11.5 Å². The molecular formula is C13H12N2O3S. The maximum absolute atomic E-state index is 12.1. The van der Waals surface area contributed by atoms with E-state index in [0.717, 1.165) is 0 Å². The van der Waals surface area contributed by atoms with E-state index in [1.165, 1.54) is 24.7 Å². The zero-order chi connectivity index (χ0) is 13.7. The summed E-state index contributed by atoms with van der Waals surface area (Å²) < 4.78 is 14.0. The van der Waals surface area contributed by atoms with E-state index in [9.17, 15) is 4.79 Å². The number of aromatic nitrogens is 2. The molecule has 0 atom stereocenters. The zero-order valence-corrected chi connectivity index (χ0v) is 11.3. The highest BCUT2D eigenvalue weighted by molar-refractivity contribution is 7.03. The van der Waals surface area contributed by atoms with Gasteiger partial charge in [0.05, 0.1) is 25.5 Å². The summed E-state index contributed by atoms with van der Waals surface area (Å²) in [4.78, 5) is 12.1. The fourth-order valence-electron chi connectivity index (χ4n) is 1.50. The van der Waals surface area contributed by atoms with Crippen molar-refractivity contribution in [2.75, 3.05) is 14.2 Å². The van der Waals surface area contributed by atoms with Crippen molar-refractivity contribution >= 4 is 23.4 Å². The molecule has 6 heteroatoms. The van der Waals surface area contributed by atoms with Gasteiger partial charge in [-0.05, 0) is 35.8 Å². The number of rotatable bonds is 5. The van der Waals surface area contributed by atoms with Crippen molar-refractivity contribution in [3.8, 4) is 11.5 Å². The minimum absolute atomic E-state index is 0.160. The predicted molar refractivity (Wildman–Crippen MR) is 72.8 cm³/mol. The molecule has 5 nitrogen and oxygen atoms in total. The van der Waals surface area contributed by atoms with Crippen molar-refractivity contribution in [3.05, 3.63) is 40.9 Å². The number of carbonyl (C=O) groups is 1.